The van der Waals surface area contributed by atoms with Crippen molar-refractivity contribution in [2.24, 2.45) is 0 Å². The van der Waals surface area contributed by atoms with E-state index >= 15 is 0 Å². The summed E-state index contributed by atoms with van der Waals surface area (Å²) in [7, 11) is 0. The maximum atomic E-state index is 13.1. The smallest absolute Gasteiger partial charge is 0.239 e. The third-order valence-corrected chi connectivity index (χ3v) is 2.99. The maximum Gasteiger partial charge on any atom is 0.239 e. The Kier molecular flexibility index (Phi) is 5.62. The first-order valence-corrected chi connectivity index (χ1v) is 6.36. The van der Waals surface area contributed by atoms with Crippen LogP contribution in [0.5, 0.6) is 0 Å². The molecule has 100 valence electrons. The summed E-state index contributed by atoms with van der Waals surface area (Å²) >= 11 is 0. The van der Waals surface area contributed by atoms with Crippen molar-refractivity contribution in [2.45, 2.75) is 39.7 Å². The highest BCUT2D eigenvalue weighted by atomic mass is 19.1. The van der Waals surface area contributed by atoms with Crippen molar-refractivity contribution in [2.75, 3.05) is 11.9 Å². The predicted octanol–water partition coefficient (Wildman–Crippen LogP) is 2.85. The first-order chi connectivity index (χ1) is 8.56. The Hall–Kier alpha value is -1.58. The van der Waals surface area contributed by atoms with E-state index in [1.165, 1.54) is 12.1 Å². The summed E-state index contributed by atoms with van der Waals surface area (Å²) in [5.74, 6) is -0.365. The van der Waals surface area contributed by atoms with Crippen LogP contribution in [0.4, 0.5) is 10.1 Å². The van der Waals surface area contributed by atoms with Gasteiger partial charge in [-0.05, 0) is 37.5 Å². The number of nitrogens with one attached hydrogen (secondary N) is 2. The first-order valence-electron chi connectivity index (χ1n) is 6.36. The van der Waals surface area contributed by atoms with E-state index in [2.05, 4.69) is 10.6 Å². The molecule has 0 fully saturated rings. The Morgan fingerprint density at radius 2 is 2.00 bits per heavy atom. The average Bonchev–Trinajstić information content (AvgIpc) is 2.37. The summed E-state index contributed by atoms with van der Waals surface area (Å²) < 4.78 is 13.1. The number of aryl methyl sites for hydroxylation is 1. The monoisotopic (exact) mass is 252 g/mol. The van der Waals surface area contributed by atoms with Gasteiger partial charge in [-0.2, -0.15) is 0 Å². The van der Waals surface area contributed by atoms with Gasteiger partial charge in [-0.15, -0.1) is 0 Å². The lowest BCUT2D eigenvalue weighted by atomic mass is 10.1. The molecule has 18 heavy (non-hydrogen) atoms. The minimum Gasteiger partial charge on any atom is -0.376 e. The standard InChI is InChI=1S/C14H21FN2O/c1-4-12(5-2)17-14(18)9-16-13-8-11(15)7-6-10(13)3/h6-8,12,16H,4-5,9H2,1-3H3,(H,17,18). The van der Waals surface area contributed by atoms with E-state index < -0.39 is 0 Å². The Morgan fingerprint density at radius 3 is 2.61 bits per heavy atom. The summed E-state index contributed by atoms with van der Waals surface area (Å²) in [4.78, 5) is 11.7. The van der Waals surface area contributed by atoms with Crippen molar-refractivity contribution in [3.05, 3.63) is 29.6 Å². The molecule has 0 atom stereocenters. The predicted molar refractivity (Wildman–Crippen MR) is 72.1 cm³/mol. The second-order valence-electron chi connectivity index (χ2n) is 4.39. The first kappa shape index (κ1) is 14.5. The van der Waals surface area contributed by atoms with E-state index in [9.17, 15) is 9.18 Å². The van der Waals surface area contributed by atoms with Gasteiger partial charge in [0, 0.05) is 11.7 Å². The van der Waals surface area contributed by atoms with Gasteiger partial charge in [0.15, 0.2) is 0 Å². The van der Waals surface area contributed by atoms with Gasteiger partial charge in [0.1, 0.15) is 5.82 Å². The topological polar surface area (TPSA) is 41.1 Å². The van der Waals surface area contributed by atoms with E-state index in [0.717, 1.165) is 18.4 Å². The molecule has 3 nitrogen and oxygen atoms in total. The van der Waals surface area contributed by atoms with Gasteiger partial charge in [0.05, 0.1) is 6.54 Å². The molecule has 0 radical (unpaired) electrons. The number of rotatable bonds is 6. The maximum absolute atomic E-state index is 13.1. The van der Waals surface area contributed by atoms with E-state index in [0.29, 0.717) is 5.69 Å². The van der Waals surface area contributed by atoms with Crippen LogP contribution >= 0.6 is 0 Å². The van der Waals surface area contributed by atoms with Crippen molar-refractivity contribution < 1.29 is 9.18 Å². The molecular weight excluding hydrogens is 231 g/mol. The third kappa shape index (κ3) is 4.35. The van der Waals surface area contributed by atoms with Crippen molar-refractivity contribution in [3.63, 3.8) is 0 Å². The molecule has 2 N–H and O–H groups in total. The second kappa shape index (κ2) is 6.99. The molecular formula is C14H21FN2O. The molecule has 0 heterocycles. The van der Waals surface area contributed by atoms with Crippen LogP contribution in [0, 0.1) is 12.7 Å². The normalized spacial score (nSPS) is 10.5. The van der Waals surface area contributed by atoms with Crippen LogP contribution < -0.4 is 10.6 Å². The molecule has 0 bridgehead atoms. The molecule has 1 aromatic carbocycles. The van der Waals surface area contributed by atoms with E-state index in [1.54, 1.807) is 6.07 Å². The van der Waals surface area contributed by atoms with Gasteiger partial charge in [-0.25, -0.2) is 4.39 Å². The Morgan fingerprint density at radius 1 is 1.33 bits per heavy atom. The minimum atomic E-state index is -0.302. The number of benzene rings is 1. The zero-order chi connectivity index (χ0) is 13.5. The highest BCUT2D eigenvalue weighted by molar-refractivity contribution is 5.81. The van der Waals surface area contributed by atoms with Gasteiger partial charge in [-0.3, -0.25) is 4.79 Å². The van der Waals surface area contributed by atoms with E-state index in [4.69, 9.17) is 0 Å². The quantitative estimate of drug-likeness (QED) is 0.817. The molecule has 0 saturated heterocycles. The van der Waals surface area contributed by atoms with E-state index in [-0.39, 0.29) is 24.3 Å². The second-order valence-corrected chi connectivity index (χ2v) is 4.39. The summed E-state index contributed by atoms with van der Waals surface area (Å²) in [5.41, 5.74) is 1.58. The molecule has 0 aliphatic heterocycles. The lowest BCUT2D eigenvalue weighted by Crippen LogP contribution is -2.37. The van der Waals surface area contributed by atoms with Crippen molar-refractivity contribution in [1.82, 2.24) is 5.32 Å². The van der Waals surface area contributed by atoms with Crippen LogP contribution in [0.1, 0.15) is 32.3 Å². The summed E-state index contributed by atoms with van der Waals surface area (Å²) in [6, 6.07) is 4.72. The van der Waals surface area contributed by atoms with Crippen LogP contribution in [0.15, 0.2) is 18.2 Å². The fourth-order valence-electron chi connectivity index (χ4n) is 1.73. The summed E-state index contributed by atoms with van der Waals surface area (Å²) in [6.07, 6.45) is 1.84. The Labute approximate surface area is 108 Å². The van der Waals surface area contributed by atoms with Crippen LogP contribution in [-0.2, 0) is 4.79 Å². The largest absolute Gasteiger partial charge is 0.376 e. The van der Waals surface area contributed by atoms with Crippen molar-refractivity contribution in [3.8, 4) is 0 Å². The lowest BCUT2D eigenvalue weighted by molar-refractivity contribution is -0.120. The molecule has 0 saturated carbocycles. The SMILES string of the molecule is CCC(CC)NC(=O)CNc1cc(F)ccc1C. The fraction of sp³-hybridized carbons (Fsp3) is 0.500. The van der Waals surface area contributed by atoms with Gasteiger partial charge in [0.25, 0.3) is 0 Å². The molecule has 4 heteroatoms. The molecule has 0 aliphatic rings. The highest BCUT2D eigenvalue weighted by Crippen LogP contribution is 2.15. The van der Waals surface area contributed by atoms with Crippen LogP contribution in [0.2, 0.25) is 0 Å². The van der Waals surface area contributed by atoms with Crippen LogP contribution in [-0.4, -0.2) is 18.5 Å². The highest BCUT2D eigenvalue weighted by Gasteiger charge is 2.08. The summed E-state index contributed by atoms with van der Waals surface area (Å²) in [6.45, 7) is 6.12. The van der Waals surface area contributed by atoms with Crippen LogP contribution in [0.3, 0.4) is 0 Å². The third-order valence-electron chi connectivity index (χ3n) is 2.99. The molecule has 1 aromatic rings. The number of hydrogen-bond donors (Lipinski definition) is 2. The molecule has 0 aliphatic carbocycles. The zero-order valence-electron chi connectivity index (χ0n) is 11.2. The Balaban J connectivity index is 2.49. The van der Waals surface area contributed by atoms with Gasteiger partial charge < -0.3 is 10.6 Å². The van der Waals surface area contributed by atoms with Crippen molar-refractivity contribution in [1.29, 1.82) is 0 Å². The van der Waals surface area contributed by atoms with E-state index in [1.807, 2.05) is 20.8 Å². The lowest BCUT2D eigenvalue weighted by Gasteiger charge is -2.15. The minimum absolute atomic E-state index is 0.0626. The molecule has 1 rings (SSSR count). The van der Waals surface area contributed by atoms with Crippen LogP contribution in [0.25, 0.3) is 0 Å². The van der Waals surface area contributed by atoms with Gasteiger partial charge in [-0.1, -0.05) is 19.9 Å². The molecule has 0 unspecified atom stereocenters. The Bertz CT molecular complexity index is 403. The zero-order valence-corrected chi connectivity index (χ0v) is 11.2. The van der Waals surface area contributed by atoms with Crippen molar-refractivity contribution >= 4 is 11.6 Å². The molecule has 0 spiro atoms. The summed E-state index contributed by atoms with van der Waals surface area (Å²) in [5, 5.41) is 5.88. The molecule has 0 aromatic heterocycles. The number of carbonyl (C=O) groups excluding carboxylic acids is 1. The molecule has 1 amide bonds. The fourth-order valence-corrected chi connectivity index (χ4v) is 1.73. The number of anilines is 1. The number of halogens is 1. The number of carbonyl (C=O) groups is 1. The number of hydrogen-bond acceptors (Lipinski definition) is 2. The number of amides is 1. The average molecular weight is 252 g/mol. The van der Waals surface area contributed by atoms with Gasteiger partial charge in [0.2, 0.25) is 5.91 Å². The van der Waals surface area contributed by atoms with Gasteiger partial charge >= 0.3 is 0 Å².